The normalized spacial score (nSPS) is 13.3. The molecule has 1 aromatic carbocycles. The van der Waals surface area contributed by atoms with Crippen molar-refractivity contribution in [3.8, 4) is 0 Å². The summed E-state index contributed by atoms with van der Waals surface area (Å²) in [5.74, 6) is 0.996. The summed E-state index contributed by atoms with van der Waals surface area (Å²) in [5.41, 5.74) is 0.942. The predicted molar refractivity (Wildman–Crippen MR) is 73.6 cm³/mol. The molecule has 1 atom stereocenters. The molecule has 0 aliphatic rings. The highest BCUT2D eigenvalue weighted by Crippen LogP contribution is 2.27. The summed E-state index contributed by atoms with van der Waals surface area (Å²) >= 11 is 0. The van der Waals surface area contributed by atoms with Crippen molar-refractivity contribution >= 4 is 11.0 Å². The first-order valence-electron chi connectivity index (χ1n) is 6.59. The first kappa shape index (κ1) is 13.1. The number of para-hydroxylation sites is 1. The van der Waals surface area contributed by atoms with Gasteiger partial charge in [0.2, 0.25) is 0 Å². The second-order valence-corrected chi connectivity index (χ2v) is 4.57. The van der Waals surface area contributed by atoms with Gasteiger partial charge in [-0.15, -0.1) is 0 Å². The van der Waals surface area contributed by atoms with E-state index >= 15 is 0 Å². The zero-order valence-electron chi connectivity index (χ0n) is 11.1. The molecule has 0 aliphatic carbocycles. The van der Waals surface area contributed by atoms with Crippen LogP contribution in [-0.4, -0.2) is 29.7 Å². The lowest BCUT2D eigenvalue weighted by Gasteiger charge is -2.25. The van der Waals surface area contributed by atoms with E-state index in [2.05, 4.69) is 30.9 Å². The number of rotatable bonds is 6. The molecular formula is C15H21NO2. The molecule has 0 saturated heterocycles. The number of aliphatic hydroxyl groups excluding tert-OH is 1. The van der Waals surface area contributed by atoms with Crippen molar-refractivity contribution in [3.63, 3.8) is 0 Å². The van der Waals surface area contributed by atoms with Crippen molar-refractivity contribution in [2.75, 3.05) is 19.7 Å². The average molecular weight is 247 g/mol. The van der Waals surface area contributed by atoms with Gasteiger partial charge >= 0.3 is 0 Å². The maximum absolute atomic E-state index is 8.93. The largest absolute Gasteiger partial charge is 0.459 e. The Morgan fingerprint density at radius 1 is 1.33 bits per heavy atom. The number of fused-ring (bicyclic) bond motifs is 1. The standard InChI is InChI=1S/C15H21NO2/c1-3-16(9-6-10-17)12(2)15-11-13-7-4-5-8-14(13)18-15/h4-5,7-8,11-12,17H,3,6,9-10H2,1-2H3. The zero-order chi connectivity index (χ0) is 13.0. The Kier molecular flexibility index (Phi) is 4.39. The molecular weight excluding hydrogens is 226 g/mol. The Bertz CT molecular complexity index is 459. The van der Waals surface area contributed by atoms with E-state index in [1.165, 1.54) is 0 Å². The summed E-state index contributed by atoms with van der Waals surface area (Å²) in [6, 6.07) is 10.4. The molecule has 3 heteroatoms. The molecule has 0 fully saturated rings. The van der Waals surface area contributed by atoms with Gasteiger partial charge in [-0.05, 0) is 32.0 Å². The van der Waals surface area contributed by atoms with Gasteiger partial charge in [0, 0.05) is 18.5 Å². The molecule has 0 bridgehead atoms. The third-order valence-electron chi connectivity index (χ3n) is 3.41. The quantitative estimate of drug-likeness (QED) is 0.851. The molecule has 1 N–H and O–H groups in total. The van der Waals surface area contributed by atoms with Crippen molar-refractivity contribution in [1.29, 1.82) is 0 Å². The zero-order valence-corrected chi connectivity index (χ0v) is 11.1. The van der Waals surface area contributed by atoms with Crippen LogP contribution in [0.3, 0.4) is 0 Å². The van der Waals surface area contributed by atoms with E-state index in [4.69, 9.17) is 9.52 Å². The Morgan fingerprint density at radius 2 is 2.11 bits per heavy atom. The molecule has 18 heavy (non-hydrogen) atoms. The van der Waals surface area contributed by atoms with Crippen LogP contribution in [0.1, 0.15) is 32.1 Å². The van der Waals surface area contributed by atoms with Crippen molar-refractivity contribution in [2.24, 2.45) is 0 Å². The summed E-state index contributed by atoms with van der Waals surface area (Å²) in [6.07, 6.45) is 0.804. The van der Waals surface area contributed by atoms with Crippen LogP contribution in [0.4, 0.5) is 0 Å². The first-order chi connectivity index (χ1) is 8.76. The molecule has 2 rings (SSSR count). The maximum Gasteiger partial charge on any atom is 0.134 e. The van der Waals surface area contributed by atoms with E-state index in [0.29, 0.717) is 0 Å². The lowest BCUT2D eigenvalue weighted by Crippen LogP contribution is -2.28. The third-order valence-corrected chi connectivity index (χ3v) is 3.41. The first-order valence-corrected chi connectivity index (χ1v) is 6.59. The molecule has 1 aromatic heterocycles. The van der Waals surface area contributed by atoms with E-state index < -0.39 is 0 Å². The number of nitrogens with zero attached hydrogens (tertiary/aromatic N) is 1. The van der Waals surface area contributed by atoms with Crippen LogP contribution >= 0.6 is 0 Å². The Morgan fingerprint density at radius 3 is 2.78 bits per heavy atom. The number of benzene rings is 1. The van der Waals surface area contributed by atoms with Gasteiger partial charge in [0.1, 0.15) is 11.3 Å². The summed E-state index contributed by atoms with van der Waals surface area (Å²) in [6.45, 7) is 6.38. The van der Waals surface area contributed by atoms with Crippen LogP contribution < -0.4 is 0 Å². The fourth-order valence-corrected chi connectivity index (χ4v) is 2.29. The second kappa shape index (κ2) is 6.03. The molecule has 0 amide bonds. The number of hydrogen-bond donors (Lipinski definition) is 1. The van der Waals surface area contributed by atoms with Crippen LogP contribution in [0.5, 0.6) is 0 Å². The van der Waals surface area contributed by atoms with Gasteiger partial charge in [-0.2, -0.15) is 0 Å². The van der Waals surface area contributed by atoms with Crippen molar-refractivity contribution in [1.82, 2.24) is 4.90 Å². The monoisotopic (exact) mass is 247 g/mol. The molecule has 0 spiro atoms. The minimum Gasteiger partial charge on any atom is -0.459 e. The molecule has 0 saturated carbocycles. The lowest BCUT2D eigenvalue weighted by molar-refractivity contribution is 0.176. The van der Waals surface area contributed by atoms with E-state index in [0.717, 1.165) is 36.2 Å². The number of aliphatic hydroxyl groups is 1. The van der Waals surface area contributed by atoms with Gasteiger partial charge in [0.25, 0.3) is 0 Å². The molecule has 0 aliphatic heterocycles. The highest BCUT2D eigenvalue weighted by molar-refractivity contribution is 5.77. The van der Waals surface area contributed by atoms with Crippen LogP contribution in [-0.2, 0) is 0 Å². The van der Waals surface area contributed by atoms with Gasteiger partial charge in [-0.25, -0.2) is 0 Å². The van der Waals surface area contributed by atoms with Crippen molar-refractivity contribution in [3.05, 3.63) is 36.1 Å². The van der Waals surface area contributed by atoms with E-state index in [-0.39, 0.29) is 12.6 Å². The van der Waals surface area contributed by atoms with Crippen LogP contribution in [0.25, 0.3) is 11.0 Å². The smallest absolute Gasteiger partial charge is 0.134 e. The van der Waals surface area contributed by atoms with E-state index in [1.807, 2.05) is 18.2 Å². The average Bonchev–Trinajstić information content (AvgIpc) is 2.83. The topological polar surface area (TPSA) is 36.6 Å². The molecule has 3 nitrogen and oxygen atoms in total. The summed E-state index contributed by atoms with van der Waals surface area (Å²) < 4.78 is 5.89. The Labute approximate surface area is 108 Å². The lowest BCUT2D eigenvalue weighted by atomic mass is 10.2. The molecule has 1 heterocycles. The number of hydrogen-bond acceptors (Lipinski definition) is 3. The Hall–Kier alpha value is -1.32. The highest BCUT2D eigenvalue weighted by atomic mass is 16.3. The number of furan rings is 1. The third kappa shape index (κ3) is 2.74. The highest BCUT2D eigenvalue weighted by Gasteiger charge is 2.17. The molecule has 2 aromatic rings. The van der Waals surface area contributed by atoms with Gasteiger partial charge < -0.3 is 9.52 Å². The van der Waals surface area contributed by atoms with Gasteiger partial charge in [0.05, 0.1) is 6.04 Å². The van der Waals surface area contributed by atoms with E-state index in [1.54, 1.807) is 0 Å². The molecule has 1 unspecified atom stereocenters. The second-order valence-electron chi connectivity index (χ2n) is 4.57. The van der Waals surface area contributed by atoms with Gasteiger partial charge in [-0.1, -0.05) is 25.1 Å². The van der Waals surface area contributed by atoms with Gasteiger partial charge in [-0.3, -0.25) is 4.90 Å². The summed E-state index contributed by atoms with van der Waals surface area (Å²) in [4.78, 5) is 2.31. The fourth-order valence-electron chi connectivity index (χ4n) is 2.29. The van der Waals surface area contributed by atoms with Gasteiger partial charge in [0.15, 0.2) is 0 Å². The van der Waals surface area contributed by atoms with E-state index in [9.17, 15) is 0 Å². The minimum absolute atomic E-state index is 0.239. The maximum atomic E-state index is 8.93. The predicted octanol–water partition coefficient (Wildman–Crippen LogP) is 3.20. The summed E-state index contributed by atoms with van der Waals surface area (Å²) in [5, 5.41) is 10.1. The SMILES string of the molecule is CCN(CCCO)C(C)c1cc2ccccc2o1. The molecule has 98 valence electrons. The van der Waals surface area contributed by atoms with Crippen LogP contribution in [0, 0.1) is 0 Å². The Balaban J connectivity index is 2.18. The molecule has 0 radical (unpaired) electrons. The van der Waals surface area contributed by atoms with Crippen LogP contribution in [0.15, 0.2) is 34.7 Å². The fraction of sp³-hybridized carbons (Fsp3) is 0.467. The van der Waals surface area contributed by atoms with Crippen molar-refractivity contribution < 1.29 is 9.52 Å². The van der Waals surface area contributed by atoms with Crippen LogP contribution in [0.2, 0.25) is 0 Å². The summed E-state index contributed by atoms with van der Waals surface area (Å²) in [7, 11) is 0. The minimum atomic E-state index is 0.239. The van der Waals surface area contributed by atoms with Crippen molar-refractivity contribution in [2.45, 2.75) is 26.3 Å².